The second kappa shape index (κ2) is 4.64. The predicted octanol–water partition coefficient (Wildman–Crippen LogP) is 0.800. The van der Waals surface area contributed by atoms with Crippen molar-refractivity contribution in [3.8, 4) is 0 Å². The van der Waals surface area contributed by atoms with E-state index in [1.807, 2.05) is 6.07 Å². The Kier molecular flexibility index (Phi) is 3.37. The van der Waals surface area contributed by atoms with Crippen LogP contribution in [-0.2, 0) is 16.4 Å². The number of benzene rings is 1. The third-order valence-electron chi connectivity index (χ3n) is 2.63. The average molecular weight is 255 g/mol. The normalized spacial score (nSPS) is 15.5. The average Bonchev–Trinajstić information content (AvgIpc) is 2.26. The van der Waals surface area contributed by atoms with Crippen LogP contribution in [0, 0.1) is 0 Å². The van der Waals surface area contributed by atoms with Gasteiger partial charge in [0.05, 0.1) is 4.90 Å². The highest BCUT2D eigenvalue weighted by Gasteiger charge is 2.17. The molecule has 0 fully saturated rings. The van der Waals surface area contributed by atoms with Crippen LogP contribution in [0.25, 0.3) is 0 Å². The molecule has 0 saturated heterocycles. The van der Waals surface area contributed by atoms with Gasteiger partial charge in [-0.15, -0.1) is 4.83 Å². The molecule has 0 atom stereocenters. The Balaban J connectivity index is 2.34. The van der Waals surface area contributed by atoms with Crippen LogP contribution in [-0.4, -0.2) is 34.1 Å². The van der Waals surface area contributed by atoms with E-state index in [1.54, 1.807) is 26.2 Å². The Labute approximate surface area is 102 Å². The van der Waals surface area contributed by atoms with Gasteiger partial charge in [-0.25, -0.2) is 13.4 Å². The largest absolute Gasteiger partial charge is 0.385 e. The van der Waals surface area contributed by atoms with E-state index < -0.39 is 10.0 Å². The molecule has 1 aliphatic rings. The van der Waals surface area contributed by atoms with Gasteiger partial charge in [0.15, 0.2) is 0 Å². The van der Waals surface area contributed by atoms with Crippen LogP contribution in [0.4, 0.5) is 5.69 Å². The summed E-state index contributed by atoms with van der Waals surface area (Å²) in [6, 6.07) is 5.20. The molecule has 0 saturated carbocycles. The van der Waals surface area contributed by atoms with Gasteiger partial charge in [-0.3, -0.25) is 0 Å². The summed E-state index contributed by atoms with van der Waals surface area (Å²) in [5.41, 5.74) is 2.11. The van der Waals surface area contributed by atoms with E-state index in [4.69, 9.17) is 0 Å². The number of aryl methyl sites for hydroxylation is 1. The maximum absolute atomic E-state index is 12.0. The van der Waals surface area contributed by atoms with Gasteiger partial charge in [-0.2, -0.15) is 0 Å². The van der Waals surface area contributed by atoms with E-state index in [-0.39, 0.29) is 0 Å². The monoisotopic (exact) mass is 255 g/mol. The first-order valence-corrected chi connectivity index (χ1v) is 7.04. The predicted molar refractivity (Wildman–Crippen MR) is 67.3 cm³/mol. The Morgan fingerprint density at radius 1 is 1.35 bits per heavy atom. The van der Waals surface area contributed by atoms with Gasteiger partial charge in [-0.1, -0.05) is 0 Å². The Bertz CT molecular complexity index is 511. The second-order valence-electron chi connectivity index (χ2n) is 4.34. The fourth-order valence-corrected chi connectivity index (χ4v) is 3.04. The second-order valence-corrected chi connectivity index (χ2v) is 6.00. The molecule has 1 heterocycles. The van der Waals surface area contributed by atoms with Gasteiger partial charge < -0.3 is 5.32 Å². The molecule has 0 radical (unpaired) electrons. The molecule has 0 bridgehead atoms. The van der Waals surface area contributed by atoms with Crippen molar-refractivity contribution >= 4 is 15.7 Å². The fourth-order valence-electron chi connectivity index (χ4n) is 1.91. The van der Waals surface area contributed by atoms with Crippen LogP contribution in [0.5, 0.6) is 0 Å². The summed E-state index contributed by atoms with van der Waals surface area (Å²) in [5, 5.41) is 4.68. The molecule has 2 N–H and O–H groups in total. The van der Waals surface area contributed by atoms with E-state index in [9.17, 15) is 8.42 Å². The molecule has 1 aromatic rings. The van der Waals surface area contributed by atoms with Crippen LogP contribution < -0.4 is 10.1 Å². The van der Waals surface area contributed by atoms with Crippen LogP contribution in [0.3, 0.4) is 0 Å². The first-order chi connectivity index (χ1) is 7.99. The number of hydrogen-bond acceptors (Lipinski definition) is 4. The molecule has 0 amide bonds. The molecule has 1 aliphatic heterocycles. The molecule has 17 heavy (non-hydrogen) atoms. The summed E-state index contributed by atoms with van der Waals surface area (Å²) in [6.07, 6.45) is 1.96. The van der Waals surface area contributed by atoms with E-state index in [2.05, 4.69) is 10.1 Å². The first kappa shape index (κ1) is 12.3. The zero-order chi connectivity index (χ0) is 12.5. The molecule has 94 valence electrons. The highest BCUT2D eigenvalue weighted by Crippen LogP contribution is 2.24. The number of nitrogens with zero attached hydrogens (tertiary/aromatic N) is 1. The van der Waals surface area contributed by atoms with E-state index in [0.717, 1.165) is 30.6 Å². The maximum atomic E-state index is 12.0. The molecule has 0 spiro atoms. The third-order valence-corrected chi connectivity index (χ3v) is 4.11. The lowest BCUT2D eigenvalue weighted by Crippen LogP contribution is -2.36. The third kappa shape index (κ3) is 2.77. The topological polar surface area (TPSA) is 61.4 Å². The number of rotatable bonds is 3. The van der Waals surface area contributed by atoms with E-state index in [0.29, 0.717) is 4.90 Å². The van der Waals surface area contributed by atoms with Crippen LogP contribution in [0.2, 0.25) is 0 Å². The Morgan fingerprint density at radius 3 is 2.82 bits per heavy atom. The van der Waals surface area contributed by atoms with Crippen molar-refractivity contribution in [2.24, 2.45) is 0 Å². The molecular weight excluding hydrogens is 238 g/mol. The SMILES string of the molecule is CN(C)NS(=O)(=O)c1ccc2c(c1)CCCN2. The van der Waals surface area contributed by atoms with Gasteiger partial charge in [0, 0.05) is 26.3 Å². The molecule has 0 aliphatic carbocycles. The lowest BCUT2D eigenvalue weighted by molar-refractivity contribution is 0.364. The number of hydrazine groups is 1. The lowest BCUT2D eigenvalue weighted by Gasteiger charge is -2.19. The minimum absolute atomic E-state index is 0.314. The van der Waals surface area contributed by atoms with Crippen molar-refractivity contribution in [1.29, 1.82) is 0 Å². The zero-order valence-corrected chi connectivity index (χ0v) is 10.8. The van der Waals surface area contributed by atoms with Crippen molar-refractivity contribution in [3.05, 3.63) is 23.8 Å². The number of nitrogens with one attached hydrogen (secondary N) is 2. The smallest absolute Gasteiger partial charge is 0.253 e. The number of sulfonamides is 1. The van der Waals surface area contributed by atoms with Crippen LogP contribution in [0.15, 0.2) is 23.1 Å². The van der Waals surface area contributed by atoms with E-state index >= 15 is 0 Å². The lowest BCUT2D eigenvalue weighted by atomic mass is 10.0. The minimum atomic E-state index is -3.44. The van der Waals surface area contributed by atoms with Gasteiger partial charge in [0.25, 0.3) is 10.0 Å². The number of hydrogen-bond donors (Lipinski definition) is 2. The highest BCUT2D eigenvalue weighted by molar-refractivity contribution is 7.89. The molecule has 1 aromatic carbocycles. The summed E-state index contributed by atoms with van der Waals surface area (Å²) < 4.78 is 23.9. The highest BCUT2D eigenvalue weighted by atomic mass is 32.2. The molecule has 2 rings (SSSR count). The standard InChI is InChI=1S/C11H17N3O2S/c1-14(2)13-17(15,16)10-5-6-11-9(8-10)4-3-7-12-11/h5-6,8,12-13H,3-4,7H2,1-2H3. The summed E-state index contributed by atoms with van der Waals surface area (Å²) in [7, 11) is -0.144. The first-order valence-electron chi connectivity index (χ1n) is 5.55. The van der Waals surface area contributed by atoms with Crippen molar-refractivity contribution in [1.82, 2.24) is 9.84 Å². The molecule has 0 unspecified atom stereocenters. The van der Waals surface area contributed by atoms with Gasteiger partial charge in [-0.05, 0) is 36.6 Å². The van der Waals surface area contributed by atoms with Crippen molar-refractivity contribution in [3.63, 3.8) is 0 Å². The summed E-state index contributed by atoms with van der Waals surface area (Å²) in [6.45, 7) is 0.953. The molecular formula is C11H17N3O2S. The van der Waals surface area contributed by atoms with Gasteiger partial charge >= 0.3 is 0 Å². The summed E-state index contributed by atoms with van der Waals surface area (Å²) in [4.78, 5) is 2.74. The fraction of sp³-hybridized carbons (Fsp3) is 0.455. The van der Waals surface area contributed by atoms with Crippen molar-refractivity contribution < 1.29 is 8.42 Å². The van der Waals surface area contributed by atoms with Crippen LogP contribution >= 0.6 is 0 Å². The van der Waals surface area contributed by atoms with Crippen molar-refractivity contribution in [2.45, 2.75) is 17.7 Å². The minimum Gasteiger partial charge on any atom is -0.385 e. The summed E-state index contributed by atoms with van der Waals surface area (Å²) in [5.74, 6) is 0. The Hall–Kier alpha value is -1.11. The number of fused-ring (bicyclic) bond motifs is 1. The Morgan fingerprint density at radius 2 is 2.12 bits per heavy atom. The van der Waals surface area contributed by atoms with Crippen molar-refractivity contribution in [2.75, 3.05) is 26.0 Å². The van der Waals surface area contributed by atoms with Crippen LogP contribution in [0.1, 0.15) is 12.0 Å². The van der Waals surface area contributed by atoms with Gasteiger partial charge in [0.2, 0.25) is 0 Å². The quantitative estimate of drug-likeness (QED) is 0.784. The molecule has 6 heteroatoms. The van der Waals surface area contributed by atoms with E-state index in [1.165, 1.54) is 5.01 Å². The maximum Gasteiger partial charge on any atom is 0.253 e. The molecule has 5 nitrogen and oxygen atoms in total. The zero-order valence-electron chi connectivity index (χ0n) is 10.0. The molecule has 0 aromatic heterocycles. The summed E-state index contributed by atoms with van der Waals surface area (Å²) >= 11 is 0. The van der Waals surface area contributed by atoms with Gasteiger partial charge in [0.1, 0.15) is 0 Å². The number of anilines is 1.